The Kier molecular flexibility index (Phi) is 5.15. The van der Waals surface area contributed by atoms with Crippen molar-refractivity contribution < 1.29 is 19.1 Å². The standard InChI is InChI=1S/C17H20O4/c1-13(18)20-16(3,4)11-12-17(5,21-14(2)19)15-9-7-6-8-10-15/h6-10H,1-5H3. The van der Waals surface area contributed by atoms with Crippen molar-refractivity contribution in [1.82, 2.24) is 0 Å². The molecule has 0 aromatic heterocycles. The van der Waals surface area contributed by atoms with Crippen LogP contribution in [-0.2, 0) is 24.7 Å². The summed E-state index contributed by atoms with van der Waals surface area (Å²) in [5.74, 6) is 4.94. The number of rotatable bonds is 3. The van der Waals surface area contributed by atoms with Gasteiger partial charge in [-0.1, -0.05) is 36.3 Å². The highest BCUT2D eigenvalue weighted by atomic mass is 16.6. The SMILES string of the molecule is CC(=O)OC(C)(C)C#CC(C)(OC(C)=O)c1ccccc1. The molecule has 0 saturated carbocycles. The van der Waals surface area contributed by atoms with Crippen molar-refractivity contribution in [2.75, 3.05) is 0 Å². The van der Waals surface area contributed by atoms with E-state index in [0.29, 0.717) is 0 Å². The molecular formula is C17H20O4. The van der Waals surface area contributed by atoms with E-state index in [9.17, 15) is 9.59 Å². The second-order valence-corrected chi connectivity index (χ2v) is 5.35. The van der Waals surface area contributed by atoms with Gasteiger partial charge in [-0.25, -0.2) is 0 Å². The third-order valence-corrected chi connectivity index (χ3v) is 2.67. The van der Waals surface area contributed by atoms with Gasteiger partial charge in [-0.2, -0.15) is 0 Å². The Morgan fingerprint density at radius 1 is 0.905 bits per heavy atom. The maximum atomic E-state index is 11.4. The lowest BCUT2D eigenvalue weighted by atomic mass is 9.95. The molecule has 1 unspecified atom stereocenters. The maximum absolute atomic E-state index is 11.4. The Balaban J connectivity index is 3.17. The molecule has 0 saturated heterocycles. The quantitative estimate of drug-likeness (QED) is 0.634. The van der Waals surface area contributed by atoms with E-state index in [1.54, 1.807) is 20.8 Å². The normalized spacial score (nSPS) is 13.4. The minimum absolute atomic E-state index is 0.414. The number of hydrogen-bond donors (Lipinski definition) is 0. The van der Waals surface area contributed by atoms with Gasteiger partial charge >= 0.3 is 11.9 Å². The topological polar surface area (TPSA) is 52.6 Å². The van der Waals surface area contributed by atoms with Gasteiger partial charge in [0.1, 0.15) is 0 Å². The molecule has 112 valence electrons. The molecule has 0 fully saturated rings. The van der Waals surface area contributed by atoms with Crippen LogP contribution in [0.2, 0.25) is 0 Å². The lowest BCUT2D eigenvalue weighted by Gasteiger charge is -2.25. The van der Waals surface area contributed by atoms with Crippen LogP contribution in [0.1, 0.15) is 40.2 Å². The highest BCUT2D eigenvalue weighted by Crippen LogP contribution is 2.25. The second kappa shape index (κ2) is 6.45. The van der Waals surface area contributed by atoms with E-state index >= 15 is 0 Å². The number of carbonyl (C=O) groups excluding carboxylic acids is 2. The molecule has 0 aliphatic rings. The van der Waals surface area contributed by atoms with E-state index in [2.05, 4.69) is 11.8 Å². The van der Waals surface area contributed by atoms with E-state index < -0.39 is 23.1 Å². The molecule has 0 heterocycles. The van der Waals surface area contributed by atoms with E-state index in [1.165, 1.54) is 13.8 Å². The first kappa shape index (κ1) is 16.8. The van der Waals surface area contributed by atoms with Gasteiger partial charge in [-0.05, 0) is 26.7 Å². The highest BCUT2D eigenvalue weighted by molar-refractivity contribution is 5.68. The summed E-state index contributed by atoms with van der Waals surface area (Å²) in [5.41, 5.74) is -1.29. The van der Waals surface area contributed by atoms with E-state index in [-0.39, 0.29) is 0 Å². The van der Waals surface area contributed by atoms with Crippen LogP contribution in [0.15, 0.2) is 30.3 Å². The third kappa shape index (κ3) is 5.31. The van der Waals surface area contributed by atoms with Gasteiger partial charge in [0.25, 0.3) is 0 Å². The summed E-state index contributed by atoms with van der Waals surface area (Å²) in [6.45, 7) is 7.73. The van der Waals surface area contributed by atoms with Crippen LogP contribution < -0.4 is 0 Å². The van der Waals surface area contributed by atoms with Crippen molar-refractivity contribution >= 4 is 11.9 Å². The molecule has 1 aromatic rings. The maximum Gasteiger partial charge on any atom is 0.304 e. The molecular weight excluding hydrogens is 268 g/mol. The van der Waals surface area contributed by atoms with Crippen molar-refractivity contribution in [3.63, 3.8) is 0 Å². The summed E-state index contributed by atoms with van der Waals surface area (Å²) in [5, 5.41) is 0. The molecule has 0 N–H and O–H groups in total. The molecule has 0 spiro atoms. The minimum atomic E-state index is -1.09. The molecule has 1 atom stereocenters. The van der Waals surface area contributed by atoms with Crippen molar-refractivity contribution in [3.8, 4) is 11.8 Å². The third-order valence-electron chi connectivity index (χ3n) is 2.67. The highest BCUT2D eigenvalue weighted by Gasteiger charge is 2.29. The van der Waals surface area contributed by atoms with Crippen molar-refractivity contribution in [1.29, 1.82) is 0 Å². The largest absolute Gasteiger partial charge is 0.447 e. The Hall–Kier alpha value is -2.28. The van der Waals surface area contributed by atoms with Crippen molar-refractivity contribution in [3.05, 3.63) is 35.9 Å². The first-order valence-corrected chi connectivity index (χ1v) is 6.64. The van der Waals surface area contributed by atoms with E-state index in [4.69, 9.17) is 9.47 Å². The average Bonchev–Trinajstić information content (AvgIpc) is 2.35. The number of benzene rings is 1. The number of esters is 2. The Bertz CT molecular complexity index is 578. The second-order valence-electron chi connectivity index (χ2n) is 5.35. The number of ether oxygens (including phenoxy) is 2. The summed E-state index contributed by atoms with van der Waals surface area (Å²) in [6, 6.07) is 9.22. The van der Waals surface area contributed by atoms with E-state index in [0.717, 1.165) is 5.56 Å². The molecule has 0 amide bonds. The fraction of sp³-hybridized carbons (Fsp3) is 0.412. The van der Waals surface area contributed by atoms with E-state index in [1.807, 2.05) is 30.3 Å². The smallest absolute Gasteiger partial charge is 0.304 e. The predicted octanol–water partition coefficient (Wildman–Crippen LogP) is 2.81. The molecule has 21 heavy (non-hydrogen) atoms. The molecule has 0 aliphatic heterocycles. The molecule has 1 aromatic carbocycles. The number of carbonyl (C=O) groups is 2. The van der Waals surface area contributed by atoms with Gasteiger partial charge in [-0.3, -0.25) is 9.59 Å². The molecule has 0 bridgehead atoms. The Morgan fingerprint density at radius 2 is 1.43 bits per heavy atom. The van der Waals surface area contributed by atoms with Crippen LogP contribution in [0.4, 0.5) is 0 Å². The fourth-order valence-corrected chi connectivity index (χ4v) is 1.85. The molecule has 1 rings (SSSR count). The van der Waals surface area contributed by atoms with Crippen LogP contribution >= 0.6 is 0 Å². The first-order valence-electron chi connectivity index (χ1n) is 6.64. The monoisotopic (exact) mass is 288 g/mol. The van der Waals surface area contributed by atoms with Gasteiger partial charge in [0.05, 0.1) is 0 Å². The van der Waals surface area contributed by atoms with Gasteiger partial charge in [0.2, 0.25) is 0 Å². The zero-order valence-electron chi connectivity index (χ0n) is 13.0. The summed E-state index contributed by atoms with van der Waals surface area (Å²) in [4.78, 5) is 22.4. The van der Waals surface area contributed by atoms with Crippen LogP contribution in [0.25, 0.3) is 0 Å². The lowest BCUT2D eigenvalue weighted by molar-refractivity contribution is -0.152. The van der Waals surface area contributed by atoms with Gasteiger partial charge in [0.15, 0.2) is 11.2 Å². The predicted molar refractivity (Wildman–Crippen MR) is 79.2 cm³/mol. The average molecular weight is 288 g/mol. The summed E-state index contributed by atoms with van der Waals surface area (Å²) in [7, 11) is 0. The minimum Gasteiger partial charge on any atom is -0.447 e. The molecule has 0 radical (unpaired) electrons. The van der Waals surface area contributed by atoms with Crippen LogP contribution in [0, 0.1) is 11.8 Å². The summed E-state index contributed by atoms with van der Waals surface area (Å²) < 4.78 is 10.5. The Morgan fingerprint density at radius 3 is 1.90 bits per heavy atom. The molecule has 4 heteroatoms. The first-order chi connectivity index (χ1) is 9.65. The zero-order valence-corrected chi connectivity index (χ0v) is 13.0. The van der Waals surface area contributed by atoms with Gasteiger partial charge in [-0.15, -0.1) is 0 Å². The molecule has 4 nitrogen and oxygen atoms in total. The fourth-order valence-electron chi connectivity index (χ4n) is 1.85. The van der Waals surface area contributed by atoms with Gasteiger partial charge < -0.3 is 9.47 Å². The Labute approximate surface area is 125 Å². The van der Waals surface area contributed by atoms with Gasteiger partial charge in [0, 0.05) is 19.4 Å². The lowest BCUT2D eigenvalue weighted by Crippen LogP contribution is -2.29. The molecule has 0 aliphatic carbocycles. The summed E-state index contributed by atoms with van der Waals surface area (Å²) >= 11 is 0. The van der Waals surface area contributed by atoms with Crippen LogP contribution in [0.3, 0.4) is 0 Å². The summed E-state index contributed by atoms with van der Waals surface area (Å²) in [6.07, 6.45) is 0. The zero-order chi connectivity index (χ0) is 16.1. The van der Waals surface area contributed by atoms with Crippen molar-refractivity contribution in [2.24, 2.45) is 0 Å². The van der Waals surface area contributed by atoms with Crippen molar-refractivity contribution in [2.45, 2.75) is 45.8 Å². The number of hydrogen-bond acceptors (Lipinski definition) is 4. The van der Waals surface area contributed by atoms with Crippen LogP contribution in [-0.4, -0.2) is 17.5 Å². The van der Waals surface area contributed by atoms with Crippen LogP contribution in [0.5, 0.6) is 0 Å².